The van der Waals surface area contributed by atoms with Crippen molar-refractivity contribution in [1.29, 1.82) is 0 Å². The van der Waals surface area contributed by atoms with E-state index in [9.17, 15) is 4.39 Å². The van der Waals surface area contributed by atoms with E-state index < -0.39 is 5.82 Å². The van der Waals surface area contributed by atoms with Gasteiger partial charge in [-0.2, -0.15) is 4.98 Å². The van der Waals surface area contributed by atoms with Gasteiger partial charge in [0.2, 0.25) is 5.28 Å². The molecule has 90 valence electrons. The highest BCUT2D eigenvalue weighted by atomic mass is 127. The maximum absolute atomic E-state index is 13.9. The van der Waals surface area contributed by atoms with Gasteiger partial charge in [0, 0.05) is 22.1 Å². The zero-order chi connectivity index (χ0) is 12.7. The van der Waals surface area contributed by atoms with Crippen LogP contribution < -0.4 is 4.90 Å². The van der Waals surface area contributed by atoms with Crippen LogP contribution in [0.3, 0.4) is 0 Å². The molecule has 0 unspecified atom stereocenters. The molecule has 0 saturated carbocycles. The third kappa shape index (κ3) is 2.34. The van der Waals surface area contributed by atoms with Gasteiger partial charge in [-0.05, 0) is 56.2 Å². The minimum Gasteiger partial charge on any atom is -0.362 e. The van der Waals surface area contributed by atoms with Crippen molar-refractivity contribution in [3.05, 3.63) is 25.2 Å². The van der Waals surface area contributed by atoms with E-state index in [0.29, 0.717) is 11.2 Å². The van der Waals surface area contributed by atoms with Crippen LogP contribution in [-0.4, -0.2) is 24.1 Å². The fourth-order valence-corrected chi connectivity index (χ4v) is 2.67. The van der Waals surface area contributed by atoms with Crippen molar-refractivity contribution < 1.29 is 4.39 Å². The van der Waals surface area contributed by atoms with Gasteiger partial charge in [0.1, 0.15) is 11.3 Å². The lowest BCUT2D eigenvalue weighted by Gasteiger charge is -2.16. The average Bonchev–Trinajstić information content (AvgIpc) is 2.25. The van der Waals surface area contributed by atoms with Gasteiger partial charge < -0.3 is 4.90 Å². The lowest BCUT2D eigenvalue weighted by molar-refractivity contribution is 0.635. The second-order valence-corrected chi connectivity index (χ2v) is 5.88. The summed E-state index contributed by atoms with van der Waals surface area (Å²) in [6.45, 7) is 0. The minimum atomic E-state index is -0.403. The Labute approximate surface area is 125 Å². The molecule has 0 N–H and O–H groups in total. The Balaban J connectivity index is 2.99. The Hall–Kier alpha value is -0.210. The fraction of sp³-hybridized carbons (Fsp3) is 0.200. The van der Waals surface area contributed by atoms with Crippen molar-refractivity contribution in [2.45, 2.75) is 0 Å². The van der Waals surface area contributed by atoms with E-state index in [0.717, 1.165) is 8.04 Å². The Morgan fingerprint density at radius 2 is 2.06 bits per heavy atom. The summed E-state index contributed by atoms with van der Waals surface area (Å²) < 4.78 is 15.4. The van der Waals surface area contributed by atoms with Crippen LogP contribution in [0, 0.1) is 9.39 Å². The molecule has 0 amide bonds. The SMILES string of the molecule is CN(C)c1nc(Cl)nc2c(F)cc(I)c(Br)c12. The summed E-state index contributed by atoms with van der Waals surface area (Å²) in [5, 5.41) is 0.664. The highest BCUT2D eigenvalue weighted by Gasteiger charge is 2.17. The van der Waals surface area contributed by atoms with Crippen LogP contribution in [0.5, 0.6) is 0 Å². The Morgan fingerprint density at radius 3 is 2.65 bits per heavy atom. The molecule has 0 radical (unpaired) electrons. The molecule has 3 nitrogen and oxygen atoms in total. The van der Waals surface area contributed by atoms with Crippen molar-refractivity contribution in [3.8, 4) is 0 Å². The number of fused-ring (bicyclic) bond motifs is 1. The smallest absolute Gasteiger partial charge is 0.225 e. The third-order valence-corrected chi connectivity index (χ3v) is 4.78. The van der Waals surface area contributed by atoms with Crippen molar-refractivity contribution >= 4 is 66.8 Å². The van der Waals surface area contributed by atoms with Crippen molar-refractivity contribution in [2.24, 2.45) is 0 Å². The molecule has 1 aromatic carbocycles. The molecule has 0 spiro atoms. The first-order chi connectivity index (χ1) is 7.91. The summed E-state index contributed by atoms with van der Waals surface area (Å²) in [6.07, 6.45) is 0. The van der Waals surface area contributed by atoms with E-state index in [1.54, 1.807) is 4.90 Å². The summed E-state index contributed by atoms with van der Waals surface area (Å²) in [6, 6.07) is 1.41. The predicted octanol–water partition coefficient (Wildman–Crippen LogP) is 3.86. The number of hydrogen-bond acceptors (Lipinski definition) is 3. The lowest BCUT2D eigenvalue weighted by Crippen LogP contribution is -2.12. The van der Waals surface area contributed by atoms with Gasteiger partial charge in [0.25, 0.3) is 0 Å². The molecule has 17 heavy (non-hydrogen) atoms. The van der Waals surface area contributed by atoms with Gasteiger partial charge >= 0.3 is 0 Å². The van der Waals surface area contributed by atoms with Gasteiger partial charge in [-0.15, -0.1) is 0 Å². The fourth-order valence-electron chi connectivity index (χ4n) is 1.48. The van der Waals surface area contributed by atoms with Crippen LogP contribution in [-0.2, 0) is 0 Å². The number of hydrogen-bond donors (Lipinski definition) is 0. The van der Waals surface area contributed by atoms with Crippen LogP contribution in [0.25, 0.3) is 10.9 Å². The van der Waals surface area contributed by atoms with Crippen LogP contribution in [0.1, 0.15) is 0 Å². The average molecular weight is 430 g/mol. The van der Waals surface area contributed by atoms with Gasteiger partial charge in [-0.1, -0.05) is 0 Å². The van der Waals surface area contributed by atoms with Crippen LogP contribution in [0.2, 0.25) is 5.28 Å². The molecular formula is C10H7BrClFIN3. The standard InChI is InChI=1S/C10H7BrClFIN3/c1-17(2)9-6-7(11)5(14)3-4(13)8(6)15-10(12)16-9/h3H,1-2H3. The summed E-state index contributed by atoms with van der Waals surface area (Å²) >= 11 is 11.3. The Bertz CT molecular complexity index is 606. The monoisotopic (exact) mass is 429 g/mol. The first-order valence-electron chi connectivity index (χ1n) is 4.60. The molecule has 0 atom stereocenters. The van der Waals surface area contributed by atoms with Crippen LogP contribution in [0.15, 0.2) is 10.5 Å². The molecule has 0 aliphatic heterocycles. The zero-order valence-electron chi connectivity index (χ0n) is 8.93. The number of rotatable bonds is 1. The molecule has 0 aliphatic rings. The second kappa shape index (κ2) is 4.81. The molecule has 0 fully saturated rings. The van der Waals surface area contributed by atoms with E-state index in [1.165, 1.54) is 6.07 Å². The molecule has 0 aliphatic carbocycles. The van der Waals surface area contributed by atoms with Crippen LogP contribution in [0.4, 0.5) is 10.2 Å². The Morgan fingerprint density at radius 1 is 1.41 bits per heavy atom. The molecule has 1 aromatic heterocycles. The van der Waals surface area contributed by atoms with Crippen molar-refractivity contribution in [1.82, 2.24) is 9.97 Å². The molecule has 2 aromatic rings. The number of aromatic nitrogens is 2. The summed E-state index contributed by atoms with van der Waals surface area (Å²) in [5.41, 5.74) is 0.223. The van der Waals surface area contributed by atoms with Gasteiger partial charge in [0.05, 0.1) is 5.39 Å². The molecule has 0 bridgehead atoms. The van der Waals surface area contributed by atoms with E-state index in [4.69, 9.17) is 11.6 Å². The Kier molecular flexibility index (Phi) is 3.74. The predicted molar refractivity (Wildman–Crippen MR) is 79.3 cm³/mol. The van der Waals surface area contributed by atoms with Crippen molar-refractivity contribution in [2.75, 3.05) is 19.0 Å². The first-order valence-corrected chi connectivity index (χ1v) is 6.85. The topological polar surface area (TPSA) is 29.0 Å². The normalized spacial score (nSPS) is 10.9. The second-order valence-electron chi connectivity index (χ2n) is 3.59. The molecule has 2 rings (SSSR count). The van der Waals surface area contributed by atoms with Gasteiger partial charge in [-0.25, -0.2) is 9.37 Å². The maximum Gasteiger partial charge on any atom is 0.225 e. The molecule has 7 heteroatoms. The zero-order valence-corrected chi connectivity index (χ0v) is 13.4. The number of halogens is 4. The number of anilines is 1. The number of nitrogens with zero attached hydrogens (tertiary/aromatic N) is 3. The summed E-state index contributed by atoms with van der Waals surface area (Å²) in [5.74, 6) is 0.185. The minimum absolute atomic E-state index is 0.0354. The molecule has 1 heterocycles. The third-order valence-electron chi connectivity index (χ3n) is 2.20. The van der Waals surface area contributed by atoms with E-state index in [-0.39, 0.29) is 10.8 Å². The van der Waals surface area contributed by atoms with E-state index >= 15 is 0 Å². The van der Waals surface area contributed by atoms with Gasteiger partial charge in [0.15, 0.2) is 5.82 Å². The van der Waals surface area contributed by atoms with Gasteiger partial charge in [-0.3, -0.25) is 0 Å². The summed E-state index contributed by atoms with van der Waals surface area (Å²) in [7, 11) is 3.64. The largest absolute Gasteiger partial charge is 0.362 e. The number of benzene rings is 1. The highest BCUT2D eigenvalue weighted by Crippen LogP contribution is 2.35. The maximum atomic E-state index is 13.9. The quantitative estimate of drug-likeness (QED) is 0.391. The molecule has 0 saturated heterocycles. The van der Waals surface area contributed by atoms with Crippen LogP contribution >= 0.6 is 50.1 Å². The van der Waals surface area contributed by atoms with Crippen molar-refractivity contribution in [3.63, 3.8) is 0 Å². The molecular weight excluding hydrogens is 423 g/mol. The summed E-state index contributed by atoms with van der Waals surface area (Å²) in [4.78, 5) is 9.84. The first kappa shape index (κ1) is 13.2. The highest BCUT2D eigenvalue weighted by molar-refractivity contribution is 14.1. The van der Waals surface area contributed by atoms with E-state index in [2.05, 4.69) is 48.5 Å². The van der Waals surface area contributed by atoms with E-state index in [1.807, 2.05) is 14.1 Å². The lowest BCUT2D eigenvalue weighted by atomic mass is 10.2.